The number of rotatable bonds is 3. The van der Waals surface area contributed by atoms with E-state index in [2.05, 4.69) is 0 Å². The highest BCUT2D eigenvalue weighted by atomic mass is 28.4. The fraction of sp³-hybridized carbons (Fsp3) is 0.857. The Kier molecular flexibility index (Phi) is 3.89. The fourth-order valence-corrected chi connectivity index (χ4v) is 2.04. The van der Waals surface area contributed by atoms with Crippen LogP contribution in [0.5, 0.6) is 0 Å². The molecule has 0 aliphatic heterocycles. The van der Waals surface area contributed by atoms with E-state index in [-0.39, 0.29) is 11.6 Å². The average molecular weight is 191 g/mol. The van der Waals surface area contributed by atoms with Crippen LogP contribution in [0.15, 0.2) is 0 Å². The monoisotopic (exact) mass is 191 g/mol. The maximum Gasteiger partial charge on any atom is 0.355 e. The maximum absolute atomic E-state index is 10.9. The minimum Gasteiger partial charge on any atom is -0.410 e. The van der Waals surface area contributed by atoms with Gasteiger partial charge in [-0.05, 0) is 13.5 Å². The van der Waals surface area contributed by atoms with Gasteiger partial charge in [0.2, 0.25) is 5.91 Å². The van der Waals surface area contributed by atoms with Gasteiger partial charge in [-0.2, -0.15) is 0 Å². The molecule has 2 atom stereocenters. The maximum atomic E-state index is 10.9. The van der Waals surface area contributed by atoms with Gasteiger partial charge in [0.15, 0.2) is 0 Å². The molecule has 0 bridgehead atoms. The van der Waals surface area contributed by atoms with E-state index in [1.54, 1.807) is 20.5 Å². The summed E-state index contributed by atoms with van der Waals surface area (Å²) in [5, 5.41) is 0. The normalized spacial score (nSPS) is 18.2. The number of amides is 1. The zero-order valence-corrected chi connectivity index (χ0v) is 9.29. The first kappa shape index (κ1) is 11.6. The van der Waals surface area contributed by atoms with Gasteiger partial charge in [0, 0.05) is 21.1 Å². The van der Waals surface area contributed by atoms with E-state index in [1.165, 1.54) is 18.9 Å². The van der Waals surface area contributed by atoms with Gasteiger partial charge >= 0.3 is 8.56 Å². The van der Waals surface area contributed by atoms with Gasteiger partial charge in [-0.15, -0.1) is 0 Å². The van der Waals surface area contributed by atoms with Gasteiger partial charge in [-0.1, -0.05) is 0 Å². The molecule has 0 aliphatic rings. The lowest BCUT2D eigenvalue weighted by Crippen LogP contribution is -2.55. The SMILES string of the molecule is CO[Si](C)(O)C(C)N(C)C(C)=O. The van der Waals surface area contributed by atoms with Crippen molar-refractivity contribution in [3.8, 4) is 0 Å². The number of hydrogen-bond acceptors (Lipinski definition) is 3. The Balaban J connectivity index is 4.37. The van der Waals surface area contributed by atoms with Crippen LogP contribution in [-0.2, 0) is 9.22 Å². The zero-order chi connectivity index (χ0) is 9.94. The van der Waals surface area contributed by atoms with Gasteiger partial charge < -0.3 is 14.1 Å². The van der Waals surface area contributed by atoms with Gasteiger partial charge in [0.25, 0.3) is 0 Å². The molecule has 0 aliphatic carbocycles. The molecular weight excluding hydrogens is 174 g/mol. The molecule has 0 aromatic rings. The molecule has 0 rings (SSSR count). The van der Waals surface area contributed by atoms with Crippen molar-refractivity contribution in [2.75, 3.05) is 14.2 Å². The van der Waals surface area contributed by atoms with Gasteiger partial charge in [0.1, 0.15) is 0 Å². The summed E-state index contributed by atoms with van der Waals surface area (Å²) < 4.78 is 4.97. The topological polar surface area (TPSA) is 49.8 Å². The number of hydrogen-bond donors (Lipinski definition) is 1. The van der Waals surface area contributed by atoms with Gasteiger partial charge in [0.05, 0.1) is 5.67 Å². The second-order valence-electron chi connectivity index (χ2n) is 3.06. The Morgan fingerprint density at radius 2 is 2.08 bits per heavy atom. The lowest BCUT2D eigenvalue weighted by atomic mass is 10.5. The molecule has 0 spiro atoms. The molecule has 0 fully saturated rings. The molecule has 0 radical (unpaired) electrons. The van der Waals surface area contributed by atoms with Crippen LogP contribution < -0.4 is 0 Å². The van der Waals surface area contributed by atoms with Crippen molar-refractivity contribution < 1.29 is 14.0 Å². The molecule has 0 aromatic carbocycles. The van der Waals surface area contributed by atoms with Crippen LogP contribution in [0.2, 0.25) is 6.55 Å². The Bertz CT molecular complexity index is 172. The fourth-order valence-electron chi connectivity index (χ4n) is 0.803. The van der Waals surface area contributed by atoms with Gasteiger partial charge in [-0.25, -0.2) is 0 Å². The van der Waals surface area contributed by atoms with Crippen molar-refractivity contribution in [3.63, 3.8) is 0 Å². The number of carbonyl (C=O) groups excluding carboxylic acids is 1. The first-order chi connectivity index (χ1) is 5.33. The van der Waals surface area contributed by atoms with Gasteiger partial charge in [-0.3, -0.25) is 4.79 Å². The van der Waals surface area contributed by atoms with Crippen molar-refractivity contribution in [1.29, 1.82) is 0 Å². The molecule has 0 saturated carbocycles. The smallest absolute Gasteiger partial charge is 0.355 e. The summed E-state index contributed by atoms with van der Waals surface area (Å²) in [7, 11) is 0.428. The number of carbonyl (C=O) groups is 1. The second-order valence-corrected chi connectivity index (χ2v) is 6.42. The molecule has 0 saturated heterocycles. The molecule has 1 amide bonds. The molecule has 4 nitrogen and oxygen atoms in total. The second kappa shape index (κ2) is 4.02. The van der Waals surface area contributed by atoms with E-state index in [0.29, 0.717) is 0 Å². The summed E-state index contributed by atoms with van der Waals surface area (Å²) in [6.45, 7) is 4.92. The van der Waals surface area contributed by atoms with E-state index in [0.717, 1.165) is 0 Å². The highest BCUT2D eigenvalue weighted by molar-refractivity contribution is 6.66. The highest BCUT2D eigenvalue weighted by Gasteiger charge is 2.37. The molecule has 0 aromatic heterocycles. The van der Waals surface area contributed by atoms with Crippen LogP contribution in [0.25, 0.3) is 0 Å². The minimum absolute atomic E-state index is 0.0627. The predicted octanol–water partition coefficient (Wildman–Crippen LogP) is 0.103. The Labute approximate surface area is 74.4 Å². The first-order valence-corrected chi connectivity index (χ1v) is 6.27. The molecule has 12 heavy (non-hydrogen) atoms. The van der Waals surface area contributed by atoms with Crippen molar-refractivity contribution in [3.05, 3.63) is 0 Å². The van der Waals surface area contributed by atoms with Crippen LogP contribution >= 0.6 is 0 Å². The Morgan fingerprint density at radius 3 is 2.33 bits per heavy atom. The Morgan fingerprint density at radius 1 is 1.67 bits per heavy atom. The summed E-state index contributed by atoms with van der Waals surface area (Å²) in [6, 6.07) is 0. The third kappa shape index (κ3) is 2.58. The third-order valence-electron chi connectivity index (χ3n) is 2.27. The van der Waals surface area contributed by atoms with E-state index in [9.17, 15) is 9.59 Å². The van der Waals surface area contributed by atoms with E-state index < -0.39 is 8.56 Å². The molecule has 5 heteroatoms. The lowest BCUT2D eigenvalue weighted by molar-refractivity contribution is -0.128. The quantitative estimate of drug-likeness (QED) is 0.644. The zero-order valence-electron chi connectivity index (χ0n) is 8.29. The van der Waals surface area contributed by atoms with E-state index in [1.807, 2.05) is 0 Å². The minimum atomic E-state index is -2.70. The van der Waals surface area contributed by atoms with Crippen molar-refractivity contribution in [1.82, 2.24) is 4.90 Å². The molecule has 2 unspecified atom stereocenters. The van der Waals surface area contributed by atoms with E-state index in [4.69, 9.17) is 4.43 Å². The molecule has 72 valence electrons. The summed E-state index contributed by atoms with van der Waals surface area (Å²) in [5.74, 6) is -0.0627. The Hall–Kier alpha value is -0.393. The summed E-state index contributed by atoms with van der Waals surface area (Å²) in [6.07, 6.45) is 0. The summed E-state index contributed by atoms with van der Waals surface area (Å²) >= 11 is 0. The standard InChI is InChI=1S/C7H17NO3Si/c1-6(9)8(3)7(2)12(5,10)11-4/h7,10H,1-5H3. The first-order valence-electron chi connectivity index (χ1n) is 3.84. The molecular formula is C7H17NO3Si. The van der Waals surface area contributed by atoms with Crippen LogP contribution in [0.4, 0.5) is 0 Å². The van der Waals surface area contributed by atoms with Crippen LogP contribution in [0, 0.1) is 0 Å². The van der Waals surface area contributed by atoms with Crippen LogP contribution in [0.1, 0.15) is 13.8 Å². The molecule has 0 heterocycles. The molecule has 1 N–H and O–H groups in total. The largest absolute Gasteiger partial charge is 0.410 e. The van der Waals surface area contributed by atoms with Crippen LogP contribution in [-0.4, -0.2) is 44.0 Å². The van der Waals surface area contributed by atoms with Crippen molar-refractivity contribution in [2.24, 2.45) is 0 Å². The summed E-state index contributed by atoms with van der Waals surface area (Å²) in [4.78, 5) is 22.2. The lowest BCUT2D eigenvalue weighted by Gasteiger charge is -2.32. The van der Waals surface area contributed by atoms with Crippen molar-refractivity contribution >= 4 is 14.5 Å². The highest BCUT2D eigenvalue weighted by Crippen LogP contribution is 2.10. The van der Waals surface area contributed by atoms with E-state index >= 15 is 0 Å². The average Bonchev–Trinajstić information content (AvgIpc) is 2.01. The van der Waals surface area contributed by atoms with Crippen molar-refractivity contribution in [2.45, 2.75) is 26.1 Å². The summed E-state index contributed by atoms with van der Waals surface area (Å²) in [5.41, 5.74) is -0.222. The third-order valence-corrected chi connectivity index (χ3v) is 5.03. The van der Waals surface area contributed by atoms with Crippen LogP contribution in [0.3, 0.4) is 0 Å². The number of nitrogens with zero attached hydrogens (tertiary/aromatic N) is 1. The predicted molar refractivity (Wildman–Crippen MR) is 48.8 cm³/mol.